The van der Waals surface area contributed by atoms with Crippen LogP contribution in [0.1, 0.15) is 24.8 Å². The normalized spacial score (nSPS) is 18.2. The SMILES string of the molecule is NCCC1CCN(Cc2ccc(Cl)cc2F)CC1. The van der Waals surface area contributed by atoms with E-state index < -0.39 is 0 Å². The standard InChI is InChI=1S/C14H20ClFN2/c15-13-2-1-12(14(16)9-13)10-18-7-4-11(3-6-17)5-8-18/h1-2,9,11H,3-8,10,17H2. The van der Waals surface area contributed by atoms with Gasteiger partial charge in [-0.15, -0.1) is 0 Å². The first-order chi connectivity index (χ1) is 8.69. The van der Waals surface area contributed by atoms with Crippen LogP contribution in [0, 0.1) is 11.7 Å². The van der Waals surface area contributed by atoms with Gasteiger partial charge in [-0.05, 0) is 56.9 Å². The summed E-state index contributed by atoms with van der Waals surface area (Å²) in [5.74, 6) is 0.549. The number of hydrogen-bond acceptors (Lipinski definition) is 2. The maximum absolute atomic E-state index is 13.7. The number of hydrogen-bond donors (Lipinski definition) is 1. The molecule has 0 saturated carbocycles. The van der Waals surface area contributed by atoms with Crippen LogP contribution in [0.25, 0.3) is 0 Å². The highest BCUT2D eigenvalue weighted by molar-refractivity contribution is 6.30. The van der Waals surface area contributed by atoms with Crippen molar-refractivity contribution in [2.75, 3.05) is 19.6 Å². The Bertz CT molecular complexity index is 389. The third kappa shape index (κ3) is 3.67. The number of piperidine rings is 1. The first-order valence-corrected chi connectivity index (χ1v) is 6.93. The van der Waals surface area contributed by atoms with Crippen molar-refractivity contribution in [3.05, 3.63) is 34.6 Å². The lowest BCUT2D eigenvalue weighted by molar-refractivity contribution is 0.172. The molecule has 2 rings (SSSR count). The first kappa shape index (κ1) is 13.8. The topological polar surface area (TPSA) is 29.3 Å². The van der Waals surface area contributed by atoms with Crippen LogP contribution in [-0.4, -0.2) is 24.5 Å². The summed E-state index contributed by atoms with van der Waals surface area (Å²) >= 11 is 5.75. The van der Waals surface area contributed by atoms with Crippen LogP contribution >= 0.6 is 11.6 Å². The van der Waals surface area contributed by atoms with Crippen molar-refractivity contribution in [1.29, 1.82) is 0 Å². The molecule has 100 valence electrons. The molecule has 2 nitrogen and oxygen atoms in total. The molecule has 0 aliphatic carbocycles. The van der Waals surface area contributed by atoms with Crippen molar-refractivity contribution >= 4 is 11.6 Å². The van der Waals surface area contributed by atoms with Gasteiger partial charge < -0.3 is 5.73 Å². The van der Waals surface area contributed by atoms with Crippen molar-refractivity contribution in [3.63, 3.8) is 0 Å². The molecule has 0 unspecified atom stereocenters. The van der Waals surface area contributed by atoms with Gasteiger partial charge in [0.2, 0.25) is 0 Å². The lowest BCUT2D eigenvalue weighted by Crippen LogP contribution is -2.34. The Morgan fingerprint density at radius 1 is 1.33 bits per heavy atom. The molecule has 0 radical (unpaired) electrons. The van der Waals surface area contributed by atoms with Gasteiger partial charge in [0.15, 0.2) is 0 Å². The van der Waals surface area contributed by atoms with E-state index in [2.05, 4.69) is 4.90 Å². The van der Waals surface area contributed by atoms with Crippen LogP contribution in [0.4, 0.5) is 4.39 Å². The molecule has 1 aromatic carbocycles. The quantitative estimate of drug-likeness (QED) is 0.911. The van der Waals surface area contributed by atoms with Crippen LogP contribution in [0.15, 0.2) is 18.2 Å². The zero-order chi connectivity index (χ0) is 13.0. The second-order valence-electron chi connectivity index (χ2n) is 5.03. The van der Waals surface area contributed by atoms with Crippen molar-refractivity contribution in [3.8, 4) is 0 Å². The third-order valence-electron chi connectivity index (χ3n) is 3.69. The van der Waals surface area contributed by atoms with E-state index in [9.17, 15) is 4.39 Å². The molecule has 1 aliphatic rings. The Morgan fingerprint density at radius 3 is 2.67 bits per heavy atom. The van der Waals surface area contributed by atoms with Crippen LogP contribution in [-0.2, 0) is 6.54 Å². The smallest absolute Gasteiger partial charge is 0.129 e. The summed E-state index contributed by atoms with van der Waals surface area (Å²) in [5, 5.41) is 0.456. The van der Waals surface area contributed by atoms with Crippen LogP contribution in [0.2, 0.25) is 5.02 Å². The summed E-state index contributed by atoms with van der Waals surface area (Å²) < 4.78 is 13.7. The van der Waals surface area contributed by atoms with E-state index in [4.69, 9.17) is 17.3 Å². The Labute approximate surface area is 113 Å². The molecule has 4 heteroatoms. The van der Waals surface area contributed by atoms with Crippen molar-refractivity contribution in [2.24, 2.45) is 11.7 Å². The Kier molecular flexibility index (Phi) is 4.98. The van der Waals surface area contributed by atoms with Gasteiger partial charge in [0.05, 0.1) is 0 Å². The highest BCUT2D eigenvalue weighted by atomic mass is 35.5. The second-order valence-corrected chi connectivity index (χ2v) is 5.47. The van der Waals surface area contributed by atoms with Crippen LogP contribution in [0.3, 0.4) is 0 Å². The van der Waals surface area contributed by atoms with E-state index in [1.54, 1.807) is 12.1 Å². The second kappa shape index (κ2) is 6.50. The van der Waals surface area contributed by atoms with E-state index in [0.717, 1.165) is 37.5 Å². The predicted octanol–water partition coefficient (Wildman–Crippen LogP) is 3.04. The van der Waals surface area contributed by atoms with E-state index in [-0.39, 0.29) is 5.82 Å². The van der Waals surface area contributed by atoms with Gasteiger partial charge >= 0.3 is 0 Å². The Morgan fingerprint density at radius 2 is 2.06 bits per heavy atom. The van der Waals surface area contributed by atoms with Gasteiger partial charge in [0.1, 0.15) is 5.82 Å². The summed E-state index contributed by atoms with van der Waals surface area (Å²) in [7, 11) is 0. The van der Waals surface area contributed by atoms with Crippen LogP contribution < -0.4 is 5.73 Å². The predicted molar refractivity (Wildman–Crippen MR) is 73.1 cm³/mol. The molecule has 0 bridgehead atoms. The highest BCUT2D eigenvalue weighted by Crippen LogP contribution is 2.22. The third-order valence-corrected chi connectivity index (χ3v) is 3.93. The summed E-state index contributed by atoms with van der Waals surface area (Å²) in [6.07, 6.45) is 3.46. The van der Waals surface area contributed by atoms with Gasteiger partial charge in [-0.2, -0.15) is 0 Å². The number of nitrogens with zero attached hydrogens (tertiary/aromatic N) is 1. The summed E-state index contributed by atoms with van der Waals surface area (Å²) in [6, 6.07) is 4.92. The van der Waals surface area contributed by atoms with Gasteiger partial charge in [0, 0.05) is 17.1 Å². The molecule has 2 N–H and O–H groups in total. The maximum Gasteiger partial charge on any atom is 0.129 e. The molecule has 0 spiro atoms. The fraction of sp³-hybridized carbons (Fsp3) is 0.571. The maximum atomic E-state index is 13.7. The van der Waals surface area contributed by atoms with Crippen LogP contribution in [0.5, 0.6) is 0 Å². The fourth-order valence-electron chi connectivity index (χ4n) is 2.56. The average Bonchev–Trinajstić information content (AvgIpc) is 2.35. The first-order valence-electron chi connectivity index (χ1n) is 6.55. The molecule has 0 amide bonds. The number of likely N-dealkylation sites (tertiary alicyclic amines) is 1. The van der Waals surface area contributed by atoms with Crippen molar-refractivity contribution in [1.82, 2.24) is 4.90 Å². The number of benzene rings is 1. The molecule has 1 aromatic rings. The van der Waals surface area contributed by atoms with Gasteiger partial charge in [-0.3, -0.25) is 4.90 Å². The molecule has 0 aromatic heterocycles. The molecule has 0 atom stereocenters. The molecule has 1 heterocycles. The molecule has 18 heavy (non-hydrogen) atoms. The van der Waals surface area contributed by atoms with E-state index in [1.165, 1.54) is 18.9 Å². The fourth-order valence-corrected chi connectivity index (χ4v) is 2.72. The van der Waals surface area contributed by atoms with E-state index in [0.29, 0.717) is 11.6 Å². The lowest BCUT2D eigenvalue weighted by atomic mass is 9.93. The minimum atomic E-state index is -0.202. The zero-order valence-corrected chi connectivity index (χ0v) is 11.3. The molecular formula is C14H20ClFN2. The summed E-state index contributed by atoms with van der Waals surface area (Å²) in [4.78, 5) is 2.30. The highest BCUT2D eigenvalue weighted by Gasteiger charge is 2.19. The number of rotatable bonds is 4. The lowest BCUT2D eigenvalue weighted by Gasteiger charge is -2.31. The number of nitrogens with two attached hydrogens (primary N) is 1. The Balaban J connectivity index is 1.87. The van der Waals surface area contributed by atoms with Crippen molar-refractivity contribution in [2.45, 2.75) is 25.8 Å². The monoisotopic (exact) mass is 270 g/mol. The van der Waals surface area contributed by atoms with Crippen molar-refractivity contribution < 1.29 is 4.39 Å². The molecule has 1 fully saturated rings. The van der Waals surface area contributed by atoms with Gasteiger partial charge in [-0.25, -0.2) is 4.39 Å². The Hall–Kier alpha value is -0.640. The average molecular weight is 271 g/mol. The molecular weight excluding hydrogens is 251 g/mol. The largest absolute Gasteiger partial charge is 0.330 e. The summed E-state index contributed by atoms with van der Waals surface area (Å²) in [5.41, 5.74) is 6.31. The zero-order valence-electron chi connectivity index (χ0n) is 10.5. The summed E-state index contributed by atoms with van der Waals surface area (Å²) in [6.45, 7) is 3.52. The molecule has 1 saturated heterocycles. The van der Waals surface area contributed by atoms with E-state index in [1.807, 2.05) is 0 Å². The van der Waals surface area contributed by atoms with E-state index >= 15 is 0 Å². The molecule has 1 aliphatic heterocycles. The number of halogens is 2. The minimum absolute atomic E-state index is 0.202. The van der Waals surface area contributed by atoms with Gasteiger partial charge in [0.25, 0.3) is 0 Å². The minimum Gasteiger partial charge on any atom is -0.330 e. The van der Waals surface area contributed by atoms with Gasteiger partial charge in [-0.1, -0.05) is 17.7 Å².